The minimum Gasteiger partial charge on any atom is -0.497 e. The van der Waals surface area contributed by atoms with Gasteiger partial charge in [-0.05, 0) is 30.2 Å². The summed E-state index contributed by atoms with van der Waals surface area (Å²) in [5.41, 5.74) is 2.66. The molecule has 0 amide bonds. The van der Waals surface area contributed by atoms with Crippen LogP contribution in [-0.4, -0.2) is 44.8 Å². The molecule has 4 heterocycles. The van der Waals surface area contributed by atoms with Gasteiger partial charge in [0.1, 0.15) is 11.4 Å². The Morgan fingerprint density at radius 3 is 2.80 bits per heavy atom. The van der Waals surface area contributed by atoms with Crippen molar-refractivity contribution in [3.63, 3.8) is 0 Å². The highest BCUT2D eigenvalue weighted by atomic mass is 16.5. The highest BCUT2D eigenvalue weighted by Crippen LogP contribution is 2.34. The van der Waals surface area contributed by atoms with E-state index in [9.17, 15) is 9.59 Å². The molecule has 0 aliphatic carbocycles. The van der Waals surface area contributed by atoms with E-state index in [0.29, 0.717) is 17.2 Å². The zero-order valence-electron chi connectivity index (χ0n) is 16.3. The Labute approximate surface area is 171 Å². The number of methoxy groups -OCH3 is 1. The van der Waals surface area contributed by atoms with Gasteiger partial charge in [0, 0.05) is 37.6 Å². The van der Waals surface area contributed by atoms with Crippen LogP contribution in [0.4, 0.5) is 5.69 Å². The van der Waals surface area contributed by atoms with Gasteiger partial charge in [0.25, 0.3) is 5.56 Å². The summed E-state index contributed by atoms with van der Waals surface area (Å²) < 4.78 is 6.92. The van der Waals surface area contributed by atoms with Crippen molar-refractivity contribution in [2.45, 2.75) is 12.3 Å². The van der Waals surface area contributed by atoms with Crippen molar-refractivity contribution in [1.29, 1.82) is 0 Å². The van der Waals surface area contributed by atoms with Gasteiger partial charge in [-0.1, -0.05) is 12.1 Å². The van der Waals surface area contributed by atoms with Gasteiger partial charge in [0.05, 0.1) is 18.4 Å². The molecule has 1 atom stereocenters. The van der Waals surface area contributed by atoms with Gasteiger partial charge >= 0.3 is 5.69 Å². The summed E-state index contributed by atoms with van der Waals surface area (Å²) in [7, 11) is 1.66. The molecule has 30 heavy (non-hydrogen) atoms. The third-order valence-electron chi connectivity index (χ3n) is 5.55. The van der Waals surface area contributed by atoms with Crippen LogP contribution in [0, 0.1) is 0 Å². The molecule has 1 aliphatic heterocycles. The van der Waals surface area contributed by atoms with Gasteiger partial charge in [0.2, 0.25) is 0 Å². The van der Waals surface area contributed by atoms with Gasteiger partial charge in [-0.25, -0.2) is 14.3 Å². The Balaban J connectivity index is 1.51. The van der Waals surface area contributed by atoms with Gasteiger partial charge in [0.15, 0.2) is 5.65 Å². The van der Waals surface area contributed by atoms with E-state index in [2.05, 4.69) is 37.1 Å². The zero-order valence-corrected chi connectivity index (χ0v) is 16.3. The van der Waals surface area contributed by atoms with Crippen LogP contribution in [0.25, 0.3) is 16.9 Å². The average Bonchev–Trinajstić information content (AvgIpc) is 3.43. The van der Waals surface area contributed by atoms with Crippen LogP contribution in [0.1, 0.15) is 17.9 Å². The third-order valence-corrected chi connectivity index (χ3v) is 5.55. The zero-order chi connectivity index (χ0) is 20.7. The highest BCUT2D eigenvalue weighted by molar-refractivity contribution is 5.74. The minimum absolute atomic E-state index is 0.303. The van der Waals surface area contributed by atoms with E-state index in [-0.39, 0.29) is 0 Å². The van der Waals surface area contributed by atoms with Crippen molar-refractivity contribution in [3.05, 3.63) is 75.3 Å². The van der Waals surface area contributed by atoms with Crippen LogP contribution in [0.2, 0.25) is 0 Å². The molecule has 0 spiro atoms. The summed E-state index contributed by atoms with van der Waals surface area (Å²) in [4.78, 5) is 35.1. The number of hydrogen-bond donors (Lipinski definition) is 2. The second kappa shape index (κ2) is 7.18. The number of ether oxygens (including phenoxy) is 1. The quantitative estimate of drug-likeness (QED) is 0.537. The summed E-state index contributed by atoms with van der Waals surface area (Å²) in [6.07, 6.45) is 5.83. The molecule has 9 nitrogen and oxygen atoms in total. The summed E-state index contributed by atoms with van der Waals surface area (Å²) >= 11 is 0. The fourth-order valence-corrected chi connectivity index (χ4v) is 3.99. The molecule has 3 aromatic heterocycles. The number of fused-ring (bicyclic) bond motifs is 1. The Morgan fingerprint density at radius 2 is 2.03 bits per heavy atom. The normalized spacial score (nSPS) is 16.3. The number of nitrogens with one attached hydrogen (secondary N) is 2. The lowest BCUT2D eigenvalue weighted by Gasteiger charge is -2.20. The van der Waals surface area contributed by atoms with E-state index in [1.54, 1.807) is 24.0 Å². The van der Waals surface area contributed by atoms with E-state index in [0.717, 1.165) is 36.6 Å². The first-order valence-electron chi connectivity index (χ1n) is 9.68. The Morgan fingerprint density at radius 1 is 1.20 bits per heavy atom. The van der Waals surface area contributed by atoms with Crippen molar-refractivity contribution < 1.29 is 4.74 Å². The Kier molecular flexibility index (Phi) is 4.35. The SMILES string of the molecule is COc1ccc(C2CCN(c3cc(-c4c[nH]c(=O)[nH]c4=O)nn4ccnc34)C2)cc1. The smallest absolute Gasteiger partial charge is 0.325 e. The molecular formula is C21H20N6O3. The maximum Gasteiger partial charge on any atom is 0.325 e. The number of benzene rings is 1. The molecule has 4 aromatic rings. The van der Waals surface area contributed by atoms with Crippen molar-refractivity contribution in [1.82, 2.24) is 24.6 Å². The standard InChI is InChI=1S/C21H20N6O3/c1-30-15-4-2-13(3-5-15)14-6-8-26(12-14)18-10-17(25-27-9-7-22-19(18)27)16-11-23-21(29)24-20(16)28/h2-5,7,9-11,14H,6,8,12H2,1H3,(H2,23,24,28,29). The molecule has 152 valence electrons. The highest BCUT2D eigenvalue weighted by Gasteiger charge is 2.27. The Hall–Kier alpha value is -3.88. The monoisotopic (exact) mass is 404 g/mol. The maximum atomic E-state index is 12.3. The van der Waals surface area contributed by atoms with E-state index >= 15 is 0 Å². The molecule has 1 aliphatic rings. The molecule has 1 unspecified atom stereocenters. The third kappa shape index (κ3) is 3.14. The molecule has 1 aromatic carbocycles. The van der Waals surface area contributed by atoms with Crippen molar-refractivity contribution >= 4 is 11.3 Å². The maximum absolute atomic E-state index is 12.3. The average molecular weight is 404 g/mol. The summed E-state index contributed by atoms with van der Waals surface area (Å²) in [5.74, 6) is 1.23. The lowest BCUT2D eigenvalue weighted by atomic mass is 9.98. The largest absolute Gasteiger partial charge is 0.497 e. The van der Waals surface area contributed by atoms with Crippen molar-refractivity contribution in [2.24, 2.45) is 0 Å². The van der Waals surface area contributed by atoms with Gasteiger partial charge < -0.3 is 14.6 Å². The number of hydrogen-bond acceptors (Lipinski definition) is 6. The summed E-state index contributed by atoms with van der Waals surface area (Å²) in [5, 5.41) is 4.50. The number of rotatable bonds is 4. The van der Waals surface area contributed by atoms with E-state index in [4.69, 9.17) is 4.74 Å². The predicted octanol–water partition coefficient (Wildman–Crippen LogP) is 1.78. The van der Waals surface area contributed by atoms with E-state index in [1.807, 2.05) is 18.2 Å². The molecular weight excluding hydrogens is 384 g/mol. The van der Waals surface area contributed by atoms with Crippen molar-refractivity contribution in [2.75, 3.05) is 25.1 Å². The molecule has 1 fully saturated rings. The van der Waals surface area contributed by atoms with Crippen molar-refractivity contribution in [3.8, 4) is 17.0 Å². The lowest BCUT2D eigenvalue weighted by molar-refractivity contribution is 0.414. The molecule has 5 rings (SSSR count). The summed E-state index contributed by atoms with van der Waals surface area (Å²) in [6.45, 7) is 1.70. The van der Waals surface area contributed by atoms with Gasteiger partial charge in [-0.2, -0.15) is 5.10 Å². The van der Waals surface area contributed by atoms with E-state index < -0.39 is 11.2 Å². The fraction of sp³-hybridized carbons (Fsp3) is 0.238. The second-order valence-corrected chi connectivity index (χ2v) is 7.30. The number of anilines is 1. The first kappa shape index (κ1) is 18.2. The van der Waals surface area contributed by atoms with Gasteiger partial charge in [-0.15, -0.1) is 0 Å². The van der Waals surface area contributed by atoms with Crippen LogP contribution in [0.15, 0.2) is 58.5 Å². The fourth-order valence-electron chi connectivity index (χ4n) is 3.99. The summed E-state index contributed by atoms with van der Waals surface area (Å²) in [6, 6.07) is 10.0. The molecule has 2 N–H and O–H groups in total. The molecule has 9 heteroatoms. The van der Waals surface area contributed by atoms with Crippen LogP contribution >= 0.6 is 0 Å². The molecule has 1 saturated heterocycles. The number of aromatic nitrogens is 5. The second-order valence-electron chi connectivity index (χ2n) is 7.30. The van der Waals surface area contributed by atoms with Gasteiger partial charge in [-0.3, -0.25) is 9.78 Å². The number of imidazole rings is 1. The first-order chi connectivity index (χ1) is 14.6. The molecule has 0 saturated carbocycles. The Bertz CT molecular complexity index is 1320. The van der Waals surface area contributed by atoms with Crippen LogP contribution < -0.4 is 20.9 Å². The number of nitrogens with zero attached hydrogens (tertiary/aromatic N) is 4. The van der Waals surface area contributed by atoms with Crippen LogP contribution in [0.5, 0.6) is 5.75 Å². The topological polar surface area (TPSA) is 108 Å². The number of aromatic amines is 2. The molecule has 0 bridgehead atoms. The van der Waals surface area contributed by atoms with Crippen LogP contribution in [-0.2, 0) is 0 Å². The molecule has 0 radical (unpaired) electrons. The lowest BCUT2D eigenvalue weighted by Crippen LogP contribution is -2.24. The number of H-pyrrole nitrogens is 2. The van der Waals surface area contributed by atoms with Crippen LogP contribution in [0.3, 0.4) is 0 Å². The van der Waals surface area contributed by atoms with E-state index in [1.165, 1.54) is 11.8 Å². The minimum atomic E-state index is -0.547. The predicted molar refractivity (Wildman–Crippen MR) is 112 cm³/mol. The first-order valence-corrected chi connectivity index (χ1v) is 9.68.